The molecule has 5 heteroatoms. The molecule has 0 aliphatic heterocycles. The quantitative estimate of drug-likeness (QED) is 0.360. The number of rotatable bonds is 10. The van der Waals surface area contributed by atoms with Crippen LogP contribution in [0, 0.1) is 0 Å². The average Bonchev–Trinajstić information content (AvgIpc) is 2.50. The van der Waals surface area contributed by atoms with Gasteiger partial charge in [0.2, 0.25) is 0 Å². The number of allylic oxidation sites excluding steroid dienone is 1. The molecule has 0 N–H and O–H groups in total. The lowest BCUT2D eigenvalue weighted by Gasteiger charge is -2.13. The van der Waals surface area contributed by atoms with Crippen LogP contribution in [0.25, 0.3) is 0 Å². The zero-order valence-electron chi connectivity index (χ0n) is 13.6. The first-order valence-corrected chi connectivity index (χ1v) is 7.80. The van der Waals surface area contributed by atoms with Gasteiger partial charge in [0.15, 0.2) is 0 Å². The minimum absolute atomic E-state index is 0.471. The van der Waals surface area contributed by atoms with Crippen molar-refractivity contribution >= 4 is 5.97 Å². The molecule has 0 saturated carbocycles. The van der Waals surface area contributed by atoms with Crippen LogP contribution in [0.15, 0.2) is 42.5 Å². The first kappa shape index (κ1) is 19.3. The lowest BCUT2D eigenvalue weighted by Crippen LogP contribution is -2.30. The molecular formula is C18H24F2O3. The molecule has 1 aromatic carbocycles. The maximum absolute atomic E-state index is 13.4. The van der Waals surface area contributed by atoms with Crippen LogP contribution in [-0.4, -0.2) is 24.6 Å². The Morgan fingerprint density at radius 3 is 2.57 bits per heavy atom. The Morgan fingerprint density at radius 1 is 1.22 bits per heavy atom. The number of hydrogen-bond donors (Lipinski definition) is 0. The van der Waals surface area contributed by atoms with Gasteiger partial charge in [0, 0.05) is 6.61 Å². The van der Waals surface area contributed by atoms with Crippen LogP contribution < -0.4 is 0 Å². The van der Waals surface area contributed by atoms with E-state index in [0.717, 1.165) is 18.4 Å². The van der Waals surface area contributed by atoms with Gasteiger partial charge < -0.3 is 9.47 Å². The fraction of sp³-hybridized carbons (Fsp3) is 0.500. The van der Waals surface area contributed by atoms with Crippen molar-refractivity contribution in [2.45, 2.75) is 51.7 Å². The second-order valence-electron chi connectivity index (χ2n) is 5.51. The molecule has 0 aliphatic carbocycles. The maximum atomic E-state index is 13.4. The maximum Gasteiger partial charge on any atom is 0.381 e. The highest BCUT2D eigenvalue weighted by molar-refractivity contribution is 5.80. The van der Waals surface area contributed by atoms with Crippen molar-refractivity contribution in [2.75, 3.05) is 6.61 Å². The summed E-state index contributed by atoms with van der Waals surface area (Å²) in [4.78, 5) is 11.2. The van der Waals surface area contributed by atoms with E-state index >= 15 is 0 Å². The number of ether oxygens (including phenoxy) is 2. The van der Waals surface area contributed by atoms with Crippen molar-refractivity contribution in [3.8, 4) is 0 Å². The molecule has 0 spiro atoms. The molecule has 1 aromatic rings. The predicted octanol–water partition coefficient (Wildman–Crippen LogP) is 4.52. The van der Waals surface area contributed by atoms with Crippen LogP contribution in [0.2, 0.25) is 0 Å². The summed E-state index contributed by atoms with van der Waals surface area (Å²) in [6.45, 7) is 4.20. The van der Waals surface area contributed by atoms with Crippen molar-refractivity contribution in [3.05, 3.63) is 48.0 Å². The minimum Gasteiger partial charge on any atom is -0.458 e. The summed E-state index contributed by atoms with van der Waals surface area (Å²) in [6.07, 6.45) is 3.35. The van der Waals surface area contributed by atoms with Crippen LogP contribution >= 0.6 is 0 Å². The lowest BCUT2D eigenvalue weighted by atomic mass is 10.2. The zero-order chi connectivity index (χ0) is 17.1. The number of unbranched alkanes of at least 4 members (excludes halogenated alkanes) is 2. The van der Waals surface area contributed by atoms with E-state index in [1.807, 2.05) is 30.3 Å². The summed E-state index contributed by atoms with van der Waals surface area (Å²) < 4.78 is 36.8. The third kappa shape index (κ3) is 8.45. The monoisotopic (exact) mass is 326 g/mol. The van der Waals surface area contributed by atoms with Crippen molar-refractivity contribution in [1.29, 1.82) is 0 Å². The Balaban J connectivity index is 2.13. The number of esters is 1. The molecule has 0 amide bonds. The zero-order valence-corrected chi connectivity index (χ0v) is 13.6. The SMILES string of the molecule is CC(C)OC(=O)C(F)(F)/C=C/CCCCOCc1ccccc1. The van der Waals surface area contributed by atoms with E-state index in [1.54, 1.807) is 0 Å². The molecule has 128 valence electrons. The molecule has 1 rings (SSSR count). The van der Waals surface area contributed by atoms with E-state index in [9.17, 15) is 13.6 Å². The van der Waals surface area contributed by atoms with Gasteiger partial charge in [0.1, 0.15) is 0 Å². The van der Waals surface area contributed by atoms with Crippen molar-refractivity contribution in [2.24, 2.45) is 0 Å². The largest absolute Gasteiger partial charge is 0.458 e. The highest BCUT2D eigenvalue weighted by Crippen LogP contribution is 2.19. The Labute approximate surface area is 136 Å². The third-order valence-corrected chi connectivity index (χ3v) is 2.96. The molecule has 23 heavy (non-hydrogen) atoms. The summed E-state index contributed by atoms with van der Waals surface area (Å²) in [7, 11) is 0. The fourth-order valence-corrected chi connectivity index (χ4v) is 1.82. The summed E-state index contributed by atoms with van der Waals surface area (Å²) in [5.74, 6) is -5.07. The molecule has 0 aliphatic rings. The van der Waals surface area contributed by atoms with Crippen molar-refractivity contribution in [1.82, 2.24) is 0 Å². The Hall–Kier alpha value is -1.75. The van der Waals surface area contributed by atoms with Gasteiger partial charge in [-0.05, 0) is 44.7 Å². The van der Waals surface area contributed by atoms with Gasteiger partial charge in [-0.2, -0.15) is 8.78 Å². The molecular weight excluding hydrogens is 302 g/mol. The van der Waals surface area contributed by atoms with Gasteiger partial charge in [-0.15, -0.1) is 0 Å². The second-order valence-corrected chi connectivity index (χ2v) is 5.51. The molecule has 3 nitrogen and oxygen atoms in total. The van der Waals surface area contributed by atoms with E-state index in [-0.39, 0.29) is 0 Å². The number of halogens is 2. The lowest BCUT2D eigenvalue weighted by molar-refractivity contribution is -0.169. The van der Waals surface area contributed by atoms with Crippen LogP contribution in [0.5, 0.6) is 0 Å². The van der Waals surface area contributed by atoms with E-state index in [4.69, 9.17) is 4.74 Å². The topological polar surface area (TPSA) is 35.5 Å². The van der Waals surface area contributed by atoms with Crippen LogP contribution in [0.4, 0.5) is 8.78 Å². The highest BCUT2D eigenvalue weighted by atomic mass is 19.3. The van der Waals surface area contributed by atoms with Crippen molar-refractivity contribution < 1.29 is 23.0 Å². The highest BCUT2D eigenvalue weighted by Gasteiger charge is 2.37. The Kier molecular flexibility index (Phi) is 8.48. The molecule has 0 aromatic heterocycles. The number of benzene rings is 1. The normalized spacial score (nSPS) is 12.0. The van der Waals surface area contributed by atoms with Gasteiger partial charge in [-0.3, -0.25) is 0 Å². The molecule has 0 fully saturated rings. The van der Waals surface area contributed by atoms with Gasteiger partial charge >= 0.3 is 11.9 Å². The molecule has 0 atom stereocenters. The van der Waals surface area contributed by atoms with Gasteiger partial charge in [0.05, 0.1) is 12.7 Å². The molecule has 0 radical (unpaired) electrons. The van der Waals surface area contributed by atoms with Crippen LogP contribution in [0.3, 0.4) is 0 Å². The summed E-state index contributed by atoms with van der Waals surface area (Å²) in [6, 6.07) is 9.83. The minimum atomic E-state index is -3.56. The standard InChI is InChI=1S/C18H24F2O3/c1-15(2)23-17(21)18(19,20)12-8-3-4-9-13-22-14-16-10-6-5-7-11-16/h5-8,10-12,15H,3-4,9,13-14H2,1-2H3/b12-8+. The van der Waals surface area contributed by atoms with E-state index < -0.39 is 18.0 Å². The van der Waals surface area contributed by atoms with E-state index in [0.29, 0.717) is 25.7 Å². The third-order valence-electron chi connectivity index (χ3n) is 2.96. The summed E-state index contributed by atoms with van der Waals surface area (Å²) >= 11 is 0. The second kappa shape index (κ2) is 10.1. The van der Waals surface area contributed by atoms with E-state index in [2.05, 4.69) is 4.74 Å². The summed E-state index contributed by atoms with van der Waals surface area (Å²) in [5.41, 5.74) is 1.11. The number of carbonyl (C=O) groups excluding carboxylic acids is 1. The molecule has 0 saturated heterocycles. The van der Waals surface area contributed by atoms with Gasteiger partial charge in [-0.25, -0.2) is 4.79 Å². The van der Waals surface area contributed by atoms with Gasteiger partial charge in [0.25, 0.3) is 0 Å². The Morgan fingerprint density at radius 2 is 1.91 bits per heavy atom. The average molecular weight is 326 g/mol. The Bertz CT molecular complexity index is 484. The number of carbonyl (C=O) groups is 1. The first-order chi connectivity index (χ1) is 10.9. The molecule has 0 bridgehead atoms. The van der Waals surface area contributed by atoms with Crippen molar-refractivity contribution in [3.63, 3.8) is 0 Å². The number of alkyl halides is 2. The van der Waals surface area contributed by atoms with Gasteiger partial charge in [-0.1, -0.05) is 36.4 Å². The molecule has 0 heterocycles. The summed E-state index contributed by atoms with van der Waals surface area (Å²) in [5, 5.41) is 0. The van der Waals surface area contributed by atoms with Crippen LogP contribution in [0.1, 0.15) is 38.7 Å². The molecule has 0 unspecified atom stereocenters. The fourth-order valence-electron chi connectivity index (χ4n) is 1.82. The number of hydrogen-bond acceptors (Lipinski definition) is 3. The van der Waals surface area contributed by atoms with E-state index in [1.165, 1.54) is 19.9 Å². The van der Waals surface area contributed by atoms with Crippen LogP contribution in [-0.2, 0) is 20.9 Å². The first-order valence-electron chi connectivity index (χ1n) is 7.80. The predicted molar refractivity (Wildman–Crippen MR) is 85.3 cm³/mol. The smallest absolute Gasteiger partial charge is 0.381 e.